The molecule has 0 saturated heterocycles. The molecule has 1 aliphatic heterocycles. The van der Waals surface area contributed by atoms with E-state index in [0.29, 0.717) is 0 Å². The van der Waals surface area contributed by atoms with Crippen LogP contribution < -0.4 is 4.74 Å². The summed E-state index contributed by atoms with van der Waals surface area (Å²) in [7, 11) is 0. The maximum absolute atomic E-state index is 6.54. The van der Waals surface area contributed by atoms with E-state index in [2.05, 4.69) is 158 Å². The highest BCUT2D eigenvalue weighted by Crippen LogP contribution is 2.57. The van der Waals surface area contributed by atoms with Crippen LogP contribution in [0.3, 0.4) is 0 Å². The van der Waals surface area contributed by atoms with E-state index < -0.39 is 5.41 Å². The summed E-state index contributed by atoms with van der Waals surface area (Å²) in [5.74, 6) is 1.86. The Kier molecular flexibility index (Phi) is 4.71. The number of hydrogen-bond donors (Lipinski definition) is 0. The van der Waals surface area contributed by atoms with E-state index in [1.54, 1.807) is 0 Å². The van der Waals surface area contributed by atoms with Gasteiger partial charge >= 0.3 is 0 Å². The Morgan fingerprint density at radius 1 is 0.386 bits per heavy atom. The monoisotopic (exact) mass is 558 g/mol. The normalized spacial score (nSPS) is 13.8. The number of benzene rings is 8. The summed E-state index contributed by atoms with van der Waals surface area (Å²) in [5.41, 5.74) is 9.82. The molecule has 0 atom stereocenters. The summed E-state index contributed by atoms with van der Waals surface area (Å²) in [5, 5.41) is 7.37. The van der Waals surface area contributed by atoms with Crippen molar-refractivity contribution in [3.8, 4) is 33.8 Å². The van der Waals surface area contributed by atoms with Gasteiger partial charge in [-0.15, -0.1) is 0 Å². The number of ether oxygens (including phenoxy) is 1. The molecule has 1 heterocycles. The van der Waals surface area contributed by atoms with E-state index in [4.69, 9.17) is 4.74 Å². The highest BCUT2D eigenvalue weighted by molar-refractivity contribution is 6.26. The highest BCUT2D eigenvalue weighted by atomic mass is 16.5. The van der Waals surface area contributed by atoms with Gasteiger partial charge in [0.15, 0.2) is 0 Å². The molecular weight excluding hydrogens is 532 g/mol. The van der Waals surface area contributed by atoms with E-state index in [1.165, 1.54) is 76.8 Å². The smallest absolute Gasteiger partial charge is 0.135 e. The number of rotatable bonds is 3. The first-order valence-corrected chi connectivity index (χ1v) is 15.3. The Hall–Kier alpha value is -5.66. The van der Waals surface area contributed by atoms with Gasteiger partial charge in [-0.1, -0.05) is 140 Å². The molecule has 2 aliphatic rings. The zero-order valence-electron chi connectivity index (χ0n) is 23.9. The molecule has 8 aromatic carbocycles. The average Bonchev–Trinajstić information content (AvgIpc) is 3.39. The van der Waals surface area contributed by atoms with E-state index in [1.807, 2.05) is 0 Å². The first kappa shape index (κ1) is 23.9. The van der Waals surface area contributed by atoms with Crippen molar-refractivity contribution >= 4 is 32.3 Å². The maximum Gasteiger partial charge on any atom is 0.135 e. The van der Waals surface area contributed by atoms with Crippen LogP contribution in [-0.4, -0.2) is 0 Å². The minimum atomic E-state index is -0.424. The topological polar surface area (TPSA) is 9.23 Å². The van der Waals surface area contributed by atoms with Crippen LogP contribution in [0.1, 0.15) is 22.3 Å². The minimum absolute atomic E-state index is 0.424. The Morgan fingerprint density at radius 3 is 1.82 bits per heavy atom. The first-order valence-electron chi connectivity index (χ1n) is 15.3. The number of fused-ring (bicyclic) bond motifs is 3. The van der Waals surface area contributed by atoms with E-state index >= 15 is 0 Å². The second-order valence-electron chi connectivity index (χ2n) is 12.0. The predicted octanol–water partition coefficient (Wildman–Crippen LogP) is 11.3. The summed E-state index contributed by atoms with van der Waals surface area (Å²) in [6.07, 6.45) is 0. The third-order valence-corrected chi connectivity index (χ3v) is 9.92. The number of hydrogen-bond acceptors (Lipinski definition) is 1. The van der Waals surface area contributed by atoms with Crippen LogP contribution in [0.2, 0.25) is 0 Å². The fourth-order valence-electron chi connectivity index (χ4n) is 8.13. The molecule has 1 aliphatic carbocycles. The van der Waals surface area contributed by atoms with Crippen molar-refractivity contribution in [2.75, 3.05) is 0 Å². The van der Waals surface area contributed by atoms with Gasteiger partial charge in [-0.2, -0.15) is 0 Å². The van der Waals surface area contributed by atoms with Gasteiger partial charge in [0.05, 0.1) is 5.41 Å². The van der Waals surface area contributed by atoms with Gasteiger partial charge in [0.25, 0.3) is 0 Å². The summed E-state index contributed by atoms with van der Waals surface area (Å²) >= 11 is 0. The van der Waals surface area contributed by atoms with Gasteiger partial charge in [0.1, 0.15) is 11.5 Å². The third kappa shape index (κ3) is 2.98. The quantitative estimate of drug-likeness (QED) is 0.196. The molecule has 204 valence electrons. The van der Waals surface area contributed by atoms with Crippen molar-refractivity contribution < 1.29 is 4.74 Å². The average molecular weight is 559 g/mol. The summed E-state index contributed by atoms with van der Waals surface area (Å²) in [4.78, 5) is 0. The predicted molar refractivity (Wildman–Crippen MR) is 182 cm³/mol. The fraction of sp³-hybridized carbons (Fsp3) is 0.0233. The van der Waals surface area contributed by atoms with Crippen LogP contribution >= 0.6 is 0 Å². The standard InChI is InChI=1S/C43H26O/c1-3-11-30(12-4-1)43(31-13-5-2-6-14-31)36-16-8-7-15-33(36)34-22-21-29(26-37(34)43)32-24-25-39-42-35(32)23-20-28-19-18-27-10-9-17-38(44-39)40(27)41(28)42/h1-26H. The van der Waals surface area contributed by atoms with Gasteiger partial charge < -0.3 is 4.74 Å². The summed E-state index contributed by atoms with van der Waals surface area (Å²) in [6.45, 7) is 0. The lowest BCUT2D eigenvalue weighted by Gasteiger charge is -2.34. The minimum Gasteiger partial charge on any atom is -0.456 e. The molecule has 10 rings (SSSR count). The van der Waals surface area contributed by atoms with Crippen LogP contribution in [0.25, 0.3) is 54.6 Å². The van der Waals surface area contributed by atoms with E-state index in [0.717, 1.165) is 11.5 Å². The lowest BCUT2D eigenvalue weighted by Crippen LogP contribution is -2.28. The molecule has 1 nitrogen and oxygen atoms in total. The molecule has 0 unspecified atom stereocenters. The van der Waals surface area contributed by atoms with Crippen LogP contribution in [-0.2, 0) is 5.41 Å². The molecule has 44 heavy (non-hydrogen) atoms. The molecule has 0 radical (unpaired) electrons. The Labute approximate surface area is 255 Å². The zero-order valence-corrected chi connectivity index (χ0v) is 23.9. The van der Waals surface area contributed by atoms with Gasteiger partial charge in [-0.25, -0.2) is 0 Å². The van der Waals surface area contributed by atoms with Crippen LogP contribution in [0, 0.1) is 0 Å². The molecule has 0 amide bonds. The van der Waals surface area contributed by atoms with Crippen molar-refractivity contribution in [1.82, 2.24) is 0 Å². The Morgan fingerprint density at radius 2 is 1.02 bits per heavy atom. The molecule has 0 bridgehead atoms. The highest BCUT2D eigenvalue weighted by Gasteiger charge is 2.46. The molecule has 0 N–H and O–H groups in total. The molecule has 8 aromatic rings. The maximum atomic E-state index is 6.54. The van der Waals surface area contributed by atoms with Crippen molar-refractivity contribution in [3.63, 3.8) is 0 Å². The van der Waals surface area contributed by atoms with Gasteiger partial charge in [-0.05, 0) is 78.9 Å². The van der Waals surface area contributed by atoms with Gasteiger partial charge in [-0.3, -0.25) is 0 Å². The van der Waals surface area contributed by atoms with Gasteiger partial charge in [0.2, 0.25) is 0 Å². The Bertz CT molecular complexity index is 2420. The Balaban J connectivity index is 1.30. The summed E-state index contributed by atoms with van der Waals surface area (Å²) < 4.78 is 6.54. The zero-order chi connectivity index (χ0) is 28.8. The molecule has 0 spiro atoms. The van der Waals surface area contributed by atoms with Crippen LogP contribution in [0.4, 0.5) is 0 Å². The molecule has 0 fully saturated rings. The van der Waals surface area contributed by atoms with E-state index in [-0.39, 0.29) is 0 Å². The third-order valence-electron chi connectivity index (χ3n) is 9.92. The van der Waals surface area contributed by atoms with Crippen molar-refractivity contribution in [3.05, 3.63) is 180 Å². The molecular formula is C43H26O. The molecule has 1 heteroatoms. The second kappa shape index (κ2) is 8.69. The molecule has 0 saturated carbocycles. The van der Waals surface area contributed by atoms with Crippen molar-refractivity contribution in [1.29, 1.82) is 0 Å². The van der Waals surface area contributed by atoms with Crippen molar-refractivity contribution in [2.24, 2.45) is 0 Å². The SMILES string of the molecule is c1ccc(C2(c3ccccc3)c3ccccc3-c3ccc(-c4ccc5c6c4ccc4ccc7cccc(c7c46)O5)cc32)cc1. The second-order valence-corrected chi connectivity index (χ2v) is 12.0. The summed E-state index contributed by atoms with van der Waals surface area (Å²) in [6, 6.07) is 57.8. The van der Waals surface area contributed by atoms with Crippen LogP contribution in [0.5, 0.6) is 11.5 Å². The fourth-order valence-corrected chi connectivity index (χ4v) is 8.13. The van der Waals surface area contributed by atoms with Gasteiger partial charge in [0, 0.05) is 16.2 Å². The first-order chi connectivity index (χ1) is 21.8. The van der Waals surface area contributed by atoms with E-state index in [9.17, 15) is 0 Å². The van der Waals surface area contributed by atoms with Crippen molar-refractivity contribution in [2.45, 2.75) is 5.41 Å². The lowest BCUT2D eigenvalue weighted by atomic mass is 9.67. The largest absolute Gasteiger partial charge is 0.456 e. The van der Waals surface area contributed by atoms with Crippen LogP contribution in [0.15, 0.2) is 158 Å². The lowest BCUT2D eigenvalue weighted by molar-refractivity contribution is 0.493. The molecule has 0 aromatic heterocycles.